The zero-order chi connectivity index (χ0) is 20.3. The maximum Gasteiger partial charge on any atom is 0.257 e. The molecule has 0 radical (unpaired) electrons. The number of nitrogens with zero attached hydrogens (tertiary/aromatic N) is 2. The van der Waals surface area contributed by atoms with Crippen LogP contribution in [-0.2, 0) is 15.8 Å². The Hall–Kier alpha value is -2.38. The first kappa shape index (κ1) is 20.4. The van der Waals surface area contributed by atoms with Crippen molar-refractivity contribution in [1.29, 1.82) is 0 Å². The van der Waals surface area contributed by atoms with Crippen LogP contribution in [0.15, 0.2) is 48.5 Å². The lowest BCUT2D eigenvalue weighted by Gasteiger charge is -2.34. The van der Waals surface area contributed by atoms with E-state index < -0.39 is 10.0 Å². The van der Waals surface area contributed by atoms with Gasteiger partial charge in [0.1, 0.15) is 5.75 Å². The monoisotopic (exact) mass is 402 g/mol. The predicted molar refractivity (Wildman–Crippen MR) is 109 cm³/mol. The summed E-state index contributed by atoms with van der Waals surface area (Å²) in [6, 6.07) is 14.2. The minimum Gasteiger partial charge on any atom is -0.507 e. The number of phenols is 1. The summed E-state index contributed by atoms with van der Waals surface area (Å²) in [6.07, 6.45) is 0. The Bertz CT molecular complexity index is 934. The topological polar surface area (TPSA) is 77.9 Å². The number of rotatable bonds is 5. The lowest BCUT2D eigenvalue weighted by Crippen LogP contribution is -2.50. The van der Waals surface area contributed by atoms with Gasteiger partial charge in [-0.25, -0.2) is 8.42 Å². The van der Waals surface area contributed by atoms with Crippen molar-refractivity contribution in [1.82, 2.24) is 9.21 Å². The van der Waals surface area contributed by atoms with E-state index in [0.29, 0.717) is 13.1 Å². The van der Waals surface area contributed by atoms with Crippen molar-refractivity contribution in [2.45, 2.75) is 25.5 Å². The maximum absolute atomic E-state index is 12.7. The van der Waals surface area contributed by atoms with Crippen LogP contribution in [0.25, 0.3) is 0 Å². The van der Waals surface area contributed by atoms with Crippen molar-refractivity contribution in [3.8, 4) is 5.75 Å². The lowest BCUT2D eigenvalue weighted by atomic mass is 10.0. The van der Waals surface area contributed by atoms with Crippen molar-refractivity contribution in [3.05, 3.63) is 65.2 Å². The average Bonchev–Trinajstić information content (AvgIpc) is 2.68. The van der Waals surface area contributed by atoms with Crippen LogP contribution in [-0.4, -0.2) is 54.8 Å². The number of carbonyl (C=O) groups is 1. The molecular weight excluding hydrogens is 376 g/mol. The van der Waals surface area contributed by atoms with Gasteiger partial charge < -0.3 is 10.0 Å². The van der Waals surface area contributed by atoms with Gasteiger partial charge in [-0.05, 0) is 29.2 Å². The number of carbonyl (C=O) groups excluding carboxylic acids is 1. The summed E-state index contributed by atoms with van der Waals surface area (Å²) in [5.41, 5.74) is 1.96. The third-order valence-electron chi connectivity index (χ3n) is 5.03. The van der Waals surface area contributed by atoms with Crippen LogP contribution in [0.3, 0.4) is 0 Å². The Labute approximate surface area is 166 Å². The molecule has 1 amide bonds. The molecule has 1 N–H and O–H groups in total. The summed E-state index contributed by atoms with van der Waals surface area (Å²) in [4.78, 5) is 14.3. The number of amides is 1. The van der Waals surface area contributed by atoms with Gasteiger partial charge in [-0.2, -0.15) is 4.31 Å². The molecule has 1 aliphatic rings. The molecule has 0 bridgehead atoms. The summed E-state index contributed by atoms with van der Waals surface area (Å²) in [5, 5.41) is 10.2. The van der Waals surface area contributed by atoms with E-state index in [1.165, 1.54) is 4.31 Å². The summed E-state index contributed by atoms with van der Waals surface area (Å²) in [6.45, 7) is 5.16. The van der Waals surface area contributed by atoms with Gasteiger partial charge in [0.15, 0.2) is 0 Å². The number of hydrogen-bond acceptors (Lipinski definition) is 4. The first-order chi connectivity index (χ1) is 13.3. The molecule has 150 valence electrons. The van der Waals surface area contributed by atoms with Crippen molar-refractivity contribution < 1.29 is 18.3 Å². The Kier molecular flexibility index (Phi) is 6.05. The molecule has 6 nitrogen and oxygen atoms in total. The van der Waals surface area contributed by atoms with Crippen LogP contribution < -0.4 is 0 Å². The van der Waals surface area contributed by atoms with Crippen LogP contribution in [0.2, 0.25) is 0 Å². The van der Waals surface area contributed by atoms with E-state index >= 15 is 0 Å². The minimum atomic E-state index is -3.43. The predicted octanol–water partition coefficient (Wildman–Crippen LogP) is 2.80. The van der Waals surface area contributed by atoms with E-state index in [4.69, 9.17) is 0 Å². The second kappa shape index (κ2) is 8.32. The molecule has 7 heteroatoms. The van der Waals surface area contributed by atoms with E-state index in [9.17, 15) is 18.3 Å². The summed E-state index contributed by atoms with van der Waals surface area (Å²) < 4.78 is 26.7. The van der Waals surface area contributed by atoms with Crippen LogP contribution in [0.1, 0.15) is 41.3 Å². The number of piperazine rings is 1. The third kappa shape index (κ3) is 4.54. The van der Waals surface area contributed by atoms with Crippen molar-refractivity contribution in [2.75, 3.05) is 26.2 Å². The van der Waals surface area contributed by atoms with Crippen molar-refractivity contribution in [2.24, 2.45) is 0 Å². The van der Waals surface area contributed by atoms with Crippen molar-refractivity contribution in [3.63, 3.8) is 0 Å². The standard InChI is InChI=1S/C21H26N2O4S/c1-16(2)18-8-9-19(20(24)14-18)21(25)22-10-12-23(13-11-22)28(26,27)15-17-6-4-3-5-7-17/h3-9,14,16,24H,10-13,15H2,1-2H3. The highest BCUT2D eigenvalue weighted by Crippen LogP contribution is 2.25. The molecule has 1 fully saturated rings. The quantitative estimate of drug-likeness (QED) is 0.834. The Morgan fingerprint density at radius 2 is 1.68 bits per heavy atom. The Morgan fingerprint density at radius 1 is 1.04 bits per heavy atom. The highest BCUT2D eigenvalue weighted by atomic mass is 32.2. The second-order valence-corrected chi connectivity index (χ2v) is 9.33. The molecule has 0 saturated carbocycles. The molecule has 0 aliphatic carbocycles. The molecule has 3 rings (SSSR count). The van der Waals surface area contributed by atoms with Crippen LogP contribution in [0, 0.1) is 0 Å². The van der Waals surface area contributed by atoms with E-state index in [1.54, 1.807) is 29.2 Å². The van der Waals surface area contributed by atoms with Gasteiger partial charge in [0.05, 0.1) is 11.3 Å². The molecule has 28 heavy (non-hydrogen) atoms. The van der Waals surface area contributed by atoms with Crippen LogP contribution >= 0.6 is 0 Å². The van der Waals surface area contributed by atoms with Gasteiger partial charge in [0.2, 0.25) is 10.0 Å². The number of phenolic OH excluding ortho intramolecular Hbond substituents is 1. The molecule has 1 saturated heterocycles. The van der Waals surface area contributed by atoms with Crippen LogP contribution in [0.5, 0.6) is 5.75 Å². The molecule has 2 aromatic rings. The molecular formula is C21H26N2O4S. The molecule has 0 aromatic heterocycles. The first-order valence-corrected chi connectivity index (χ1v) is 11.0. The number of aromatic hydroxyl groups is 1. The smallest absolute Gasteiger partial charge is 0.257 e. The second-order valence-electron chi connectivity index (χ2n) is 7.36. The largest absolute Gasteiger partial charge is 0.507 e. The van der Waals surface area contributed by atoms with E-state index in [-0.39, 0.29) is 42.0 Å². The minimum absolute atomic E-state index is 0.0321. The molecule has 0 atom stereocenters. The lowest BCUT2D eigenvalue weighted by molar-refractivity contribution is 0.0694. The fourth-order valence-electron chi connectivity index (χ4n) is 3.30. The fourth-order valence-corrected chi connectivity index (χ4v) is 4.82. The van der Waals surface area contributed by atoms with Gasteiger partial charge in [-0.1, -0.05) is 50.2 Å². The molecule has 1 aliphatic heterocycles. The van der Waals surface area contributed by atoms with E-state index in [1.807, 2.05) is 38.1 Å². The van der Waals surface area contributed by atoms with Crippen molar-refractivity contribution >= 4 is 15.9 Å². The summed E-state index contributed by atoms with van der Waals surface area (Å²) in [7, 11) is -3.43. The number of sulfonamides is 1. The zero-order valence-corrected chi connectivity index (χ0v) is 17.0. The third-order valence-corrected chi connectivity index (χ3v) is 6.88. The Morgan fingerprint density at radius 3 is 2.25 bits per heavy atom. The molecule has 0 spiro atoms. The van der Waals surface area contributed by atoms with E-state index in [2.05, 4.69) is 0 Å². The molecule has 0 unspecified atom stereocenters. The van der Waals surface area contributed by atoms with E-state index in [0.717, 1.165) is 11.1 Å². The zero-order valence-electron chi connectivity index (χ0n) is 16.2. The van der Waals surface area contributed by atoms with Gasteiger partial charge in [-0.15, -0.1) is 0 Å². The fraction of sp³-hybridized carbons (Fsp3) is 0.381. The summed E-state index contributed by atoms with van der Waals surface area (Å²) >= 11 is 0. The van der Waals surface area contributed by atoms with Crippen LogP contribution in [0.4, 0.5) is 0 Å². The summed E-state index contributed by atoms with van der Waals surface area (Å²) in [5.74, 6) is -0.0872. The molecule has 1 heterocycles. The molecule has 2 aromatic carbocycles. The highest BCUT2D eigenvalue weighted by Gasteiger charge is 2.30. The Balaban J connectivity index is 1.64. The average molecular weight is 403 g/mol. The van der Waals surface area contributed by atoms with Gasteiger partial charge in [-0.3, -0.25) is 4.79 Å². The normalized spacial score (nSPS) is 15.8. The van der Waals surface area contributed by atoms with Gasteiger partial charge in [0.25, 0.3) is 5.91 Å². The highest BCUT2D eigenvalue weighted by molar-refractivity contribution is 7.88. The van der Waals surface area contributed by atoms with Gasteiger partial charge in [0, 0.05) is 26.2 Å². The first-order valence-electron chi connectivity index (χ1n) is 9.42. The maximum atomic E-state index is 12.7. The number of benzene rings is 2. The van der Waals surface area contributed by atoms with Gasteiger partial charge >= 0.3 is 0 Å². The number of hydrogen-bond donors (Lipinski definition) is 1. The SMILES string of the molecule is CC(C)c1ccc(C(=O)N2CCN(S(=O)(=O)Cc3ccccc3)CC2)c(O)c1.